The summed E-state index contributed by atoms with van der Waals surface area (Å²) in [5, 5.41) is 2.65. The Morgan fingerprint density at radius 3 is 2.41 bits per heavy atom. The highest BCUT2D eigenvalue weighted by molar-refractivity contribution is 6.41. The van der Waals surface area contributed by atoms with E-state index in [-0.39, 0.29) is 22.9 Å². The molecule has 22 heavy (non-hydrogen) atoms. The third-order valence-corrected chi connectivity index (χ3v) is 2.65. The van der Waals surface area contributed by atoms with Crippen molar-refractivity contribution < 1.29 is 23.9 Å². The van der Waals surface area contributed by atoms with Gasteiger partial charge in [-0.2, -0.15) is 0 Å². The molecule has 0 atom stereocenters. The second-order valence-electron chi connectivity index (χ2n) is 5.37. The van der Waals surface area contributed by atoms with Crippen molar-refractivity contribution in [2.75, 3.05) is 11.9 Å². The lowest BCUT2D eigenvalue weighted by Crippen LogP contribution is -2.27. The molecule has 120 valence electrons. The van der Waals surface area contributed by atoms with E-state index in [9.17, 15) is 14.4 Å². The molecule has 1 amide bonds. The molecule has 1 rings (SSSR count). The quantitative estimate of drug-likeness (QED) is 0.520. The van der Waals surface area contributed by atoms with Gasteiger partial charge >= 0.3 is 12.1 Å². The average molecular weight is 328 g/mol. The van der Waals surface area contributed by atoms with Gasteiger partial charge in [0.05, 0.1) is 17.3 Å². The summed E-state index contributed by atoms with van der Waals surface area (Å²) in [5.74, 6) is -1.78. The molecule has 6 nitrogen and oxygen atoms in total. The number of anilines is 1. The van der Waals surface area contributed by atoms with Gasteiger partial charge in [-0.1, -0.05) is 11.6 Å². The van der Waals surface area contributed by atoms with Crippen LogP contribution in [-0.2, 0) is 14.3 Å². The second-order valence-corrected chi connectivity index (χ2v) is 5.78. The minimum atomic E-state index is -0.965. The molecule has 0 aliphatic heterocycles. The fraction of sp³-hybridized carbons (Fsp3) is 0.400. The first-order chi connectivity index (χ1) is 10.1. The van der Waals surface area contributed by atoms with E-state index in [0.29, 0.717) is 0 Å². The Morgan fingerprint density at radius 2 is 1.86 bits per heavy atom. The predicted octanol–water partition coefficient (Wildman–Crippen LogP) is 3.43. The molecule has 0 spiro atoms. The van der Waals surface area contributed by atoms with E-state index < -0.39 is 23.4 Å². The highest BCUT2D eigenvalue weighted by Crippen LogP contribution is 2.24. The number of hydrogen-bond donors (Lipinski definition) is 1. The van der Waals surface area contributed by atoms with Crippen LogP contribution in [0.15, 0.2) is 18.2 Å². The van der Waals surface area contributed by atoms with Gasteiger partial charge in [0, 0.05) is 5.56 Å². The van der Waals surface area contributed by atoms with Crippen LogP contribution in [0.25, 0.3) is 0 Å². The topological polar surface area (TPSA) is 81.7 Å². The van der Waals surface area contributed by atoms with Gasteiger partial charge in [-0.3, -0.25) is 10.1 Å². The second kappa shape index (κ2) is 7.26. The Kier molecular flexibility index (Phi) is 5.93. The SMILES string of the molecule is CCOC(=O)C(=O)c1ccc(Cl)c(NC(=O)OC(C)(C)C)c1. The van der Waals surface area contributed by atoms with Crippen LogP contribution in [-0.4, -0.2) is 30.1 Å². The lowest BCUT2D eigenvalue weighted by molar-refractivity contribution is -0.137. The van der Waals surface area contributed by atoms with Crippen molar-refractivity contribution in [1.82, 2.24) is 0 Å². The first-order valence-electron chi connectivity index (χ1n) is 6.65. The molecule has 0 bridgehead atoms. The van der Waals surface area contributed by atoms with E-state index in [0.717, 1.165) is 0 Å². The van der Waals surface area contributed by atoms with E-state index in [2.05, 4.69) is 10.1 Å². The average Bonchev–Trinajstić information content (AvgIpc) is 2.38. The normalized spacial score (nSPS) is 10.8. The van der Waals surface area contributed by atoms with Crippen LogP contribution < -0.4 is 5.32 Å². The van der Waals surface area contributed by atoms with E-state index in [1.54, 1.807) is 27.7 Å². The van der Waals surface area contributed by atoms with Crippen LogP contribution in [0.2, 0.25) is 5.02 Å². The van der Waals surface area contributed by atoms with Crippen LogP contribution in [0.4, 0.5) is 10.5 Å². The van der Waals surface area contributed by atoms with Gasteiger partial charge in [-0.05, 0) is 45.9 Å². The van der Waals surface area contributed by atoms with Crippen molar-refractivity contribution >= 4 is 35.1 Å². The third kappa shape index (κ3) is 5.37. The van der Waals surface area contributed by atoms with Crippen molar-refractivity contribution in [3.63, 3.8) is 0 Å². The third-order valence-electron chi connectivity index (χ3n) is 2.32. The fourth-order valence-electron chi connectivity index (χ4n) is 1.49. The van der Waals surface area contributed by atoms with Crippen LogP contribution in [0, 0.1) is 0 Å². The number of carbonyl (C=O) groups excluding carboxylic acids is 3. The minimum Gasteiger partial charge on any atom is -0.460 e. The lowest BCUT2D eigenvalue weighted by Gasteiger charge is -2.20. The summed E-state index contributed by atoms with van der Waals surface area (Å²) >= 11 is 5.96. The van der Waals surface area contributed by atoms with Crippen molar-refractivity contribution in [1.29, 1.82) is 0 Å². The summed E-state index contributed by atoms with van der Waals surface area (Å²) in [6.45, 7) is 6.85. The maximum Gasteiger partial charge on any atom is 0.412 e. The first-order valence-corrected chi connectivity index (χ1v) is 7.03. The monoisotopic (exact) mass is 327 g/mol. The summed E-state index contributed by atoms with van der Waals surface area (Å²) in [6.07, 6.45) is -0.713. The number of nitrogens with one attached hydrogen (secondary N) is 1. The van der Waals surface area contributed by atoms with Gasteiger partial charge in [0.25, 0.3) is 5.78 Å². The molecule has 0 aliphatic rings. The first kappa shape index (κ1) is 18.0. The molecule has 0 radical (unpaired) electrons. The molecule has 0 aromatic heterocycles. The van der Waals surface area contributed by atoms with Gasteiger partial charge in [0.1, 0.15) is 5.60 Å². The van der Waals surface area contributed by atoms with E-state index in [1.165, 1.54) is 18.2 Å². The van der Waals surface area contributed by atoms with Crippen molar-refractivity contribution in [3.05, 3.63) is 28.8 Å². The van der Waals surface area contributed by atoms with Crippen LogP contribution in [0.5, 0.6) is 0 Å². The standard InChI is InChI=1S/C15H18ClNO5/c1-5-21-13(19)12(18)9-6-7-10(16)11(8-9)17-14(20)22-15(2,3)4/h6-8H,5H2,1-4H3,(H,17,20). The largest absolute Gasteiger partial charge is 0.460 e. The smallest absolute Gasteiger partial charge is 0.412 e. The molecular weight excluding hydrogens is 310 g/mol. The minimum absolute atomic E-state index is 0.0638. The Morgan fingerprint density at radius 1 is 1.23 bits per heavy atom. The van der Waals surface area contributed by atoms with Gasteiger partial charge in [0.15, 0.2) is 0 Å². The van der Waals surface area contributed by atoms with Crippen molar-refractivity contribution in [2.24, 2.45) is 0 Å². The molecule has 7 heteroatoms. The number of esters is 1. The van der Waals surface area contributed by atoms with Crippen molar-refractivity contribution in [3.8, 4) is 0 Å². The van der Waals surface area contributed by atoms with Crippen molar-refractivity contribution in [2.45, 2.75) is 33.3 Å². The van der Waals surface area contributed by atoms with Crippen LogP contribution in [0.3, 0.4) is 0 Å². The number of benzene rings is 1. The summed E-state index contributed by atoms with van der Waals surface area (Å²) in [5.41, 5.74) is -0.436. The zero-order valence-corrected chi connectivity index (χ0v) is 13.6. The molecule has 0 saturated carbocycles. The maximum atomic E-state index is 11.9. The number of halogens is 1. The number of amides is 1. The van der Waals surface area contributed by atoms with E-state index in [1.807, 2.05) is 0 Å². The molecule has 0 aliphatic carbocycles. The number of Topliss-reactive ketones (excluding diaryl/α,β-unsaturated/α-hetero) is 1. The zero-order chi connectivity index (χ0) is 16.9. The fourth-order valence-corrected chi connectivity index (χ4v) is 1.66. The lowest BCUT2D eigenvalue weighted by atomic mass is 10.1. The summed E-state index contributed by atoms with van der Waals surface area (Å²) in [6, 6.07) is 4.08. The Hall–Kier alpha value is -2.08. The molecule has 1 aromatic carbocycles. The van der Waals surface area contributed by atoms with Gasteiger partial charge < -0.3 is 9.47 Å². The van der Waals surface area contributed by atoms with E-state index in [4.69, 9.17) is 16.3 Å². The summed E-state index contributed by atoms with van der Waals surface area (Å²) < 4.78 is 9.74. The van der Waals surface area contributed by atoms with Gasteiger partial charge in [-0.25, -0.2) is 9.59 Å². The Bertz CT molecular complexity index is 592. The summed E-state index contributed by atoms with van der Waals surface area (Å²) in [4.78, 5) is 35.0. The number of hydrogen-bond acceptors (Lipinski definition) is 5. The highest BCUT2D eigenvalue weighted by atomic mass is 35.5. The van der Waals surface area contributed by atoms with E-state index >= 15 is 0 Å². The zero-order valence-electron chi connectivity index (χ0n) is 12.9. The molecule has 0 saturated heterocycles. The number of ether oxygens (including phenoxy) is 2. The van der Waals surface area contributed by atoms with Gasteiger partial charge in [0.2, 0.25) is 0 Å². The molecule has 1 N–H and O–H groups in total. The molecule has 0 fully saturated rings. The van der Waals surface area contributed by atoms with Gasteiger partial charge in [-0.15, -0.1) is 0 Å². The highest BCUT2D eigenvalue weighted by Gasteiger charge is 2.20. The molecule has 0 heterocycles. The predicted molar refractivity (Wildman–Crippen MR) is 82.3 cm³/mol. The molecule has 0 unspecified atom stereocenters. The van der Waals surface area contributed by atoms with Crippen LogP contribution in [0.1, 0.15) is 38.1 Å². The molecule has 1 aromatic rings. The molecular formula is C15H18ClNO5. The maximum absolute atomic E-state index is 11.9. The number of rotatable bonds is 4. The van der Waals surface area contributed by atoms with Crippen LogP contribution >= 0.6 is 11.6 Å². The number of ketones is 1. The Labute approximate surface area is 133 Å². The Balaban J connectivity index is 2.93. The summed E-state index contributed by atoms with van der Waals surface area (Å²) in [7, 11) is 0. The number of carbonyl (C=O) groups is 3.